The van der Waals surface area contributed by atoms with Gasteiger partial charge in [0.25, 0.3) is 5.69 Å². The number of imidazole rings is 1. The number of hydrogen-bond donors (Lipinski definition) is 3. The first kappa shape index (κ1) is 14.3. The van der Waals surface area contributed by atoms with Crippen molar-refractivity contribution in [1.82, 2.24) is 9.97 Å². The molecule has 0 amide bonds. The molecule has 1 unspecified atom stereocenters. The Morgan fingerprint density at radius 3 is 2.90 bits per heavy atom. The zero-order chi connectivity index (χ0) is 14.8. The molecule has 108 valence electrons. The number of benzene rings is 1. The molecule has 0 saturated carbocycles. The molecular formula is C13H18N4O3. The normalized spacial score (nSPS) is 14.2. The molecule has 0 bridgehead atoms. The minimum Gasteiger partial charge on any atom is -0.396 e. The van der Waals surface area contributed by atoms with E-state index >= 15 is 0 Å². The van der Waals surface area contributed by atoms with Crippen molar-refractivity contribution >= 4 is 22.7 Å². The summed E-state index contributed by atoms with van der Waals surface area (Å²) < 4.78 is 0. The second-order valence-electron chi connectivity index (χ2n) is 5.06. The van der Waals surface area contributed by atoms with Gasteiger partial charge in [0.05, 0.1) is 16.0 Å². The highest BCUT2D eigenvalue weighted by Gasteiger charge is 2.22. The van der Waals surface area contributed by atoms with Crippen LogP contribution in [-0.2, 0) is 0 Å². The number of nitro benzene ring substituents is 1. The highest BCUT2D eigenvalue weighted by Crippen LogP contribution is 2.24. The molecule has 0 saturated heterocycles. The van der Waals surface area contributed by atoms with Crippen molar-refractivity contribution in [3.8, 4) is 0 Å². The maximum Gasteiger partial charge on any atom is 0.271 e. The molecular weight excluding hydrogens is 260 g/mol. The van der Waals surface area contributed by atoms with E-state index in [9.17, 15) is 10.1 Å². The van der Waals surface area contributed by atoms with Crippen LogP contribution in [0.5, 0.6) is 0 Å². The number of anilines is 1. The molecule has 2 rings (SSSR count). The van der Waals surface area contributed by atoms with E-state index in [2.05, 4.69) is 15.3 Å². The number of nitro groups is 1. The summed E-state index contributed by atoms with van der Waals surface area (Å²) in [6.07, 6.45) is 1.42. The number of aliphatic hydroxyl groups is 1. The first-order chi connectivity index (χ1) is 9.47. The van der Waals surface area contributed by atoms with Gasteiger partial charge in [0.2, 0.25) is 5.95 Å². The molecule has 0 aliphatic rings. The molecule has 20 heavy (non-hydrogen) atoms. The van der Waals surface area contributed by atoms with Crippen LogP contribution in [0.3, 0.4) is 0 Å². The quantitative estimate of drug-likeness (QED) is 0.556. The van der Waals surface area contributed by atoms with Crippen LogP contribution in [0, 0.1) is 10.1 Å². The van der Waals surface area contributed by atoms with Crippen LogP contribution in [0.15, 0.2) is 18.2 Å². The number of aromatic nitrogens is 2. The van der Waals surface area contributed by atoms with Crippen molar-refractivity contribution in [2.45, 2.75) is 32.2 Å². The summed E-state index contributed by atoms with van der Waals surface area (Å²) in [5, 5.41) is 23.1. The van der Waals surface area contributed by atoms with Gasteiger partial charge in [0.15, 0.2) is 0 Å². The maximum absolute atomic E-state index is 10.7. The van der Waals surface area contributed by atoms with Crippen molar-refractivity contribution in [1.29, 1.82) is 0 Å². The monoisotopic (exact) mass is 278 g/mol. The Labute approximate surface area is 116 Å². The molecule has 0 aliphatic carbocycles. The molecule has 7 heteroatoms. The first-order valence-corrected chi connectivity index (χ1v) is 6.50. The van der Waals surface area contributed by atoms with Crippen LogP contribution < -0.4 is 5.32 Å². The third-order valence-corrected chi connectivity index (χ3v) is 3.54. The molecule has 0 radical (unpaired) electrons. The summed E-state index contributed by atoms with van der Waals surface area (Å²) in [7, 11) is 0. The lowest BCUT2D eigenvalue weighted by Crippen LogP contribution is -2.35. The van der Waals surface area contributed by atoms with E-state index in [0.717, 1.165) is 6.42 Å². The average molecular weight is 278 g/mol. The number of rotatable bonds is 6. The molecule has 0 aliphatic heterocycles. The number of aliphatic hydroxyl groups excluding tert-OH is 1. The van der Waals surface area contributed by atoms with E-state index in [1.807, 2.05) is 13.8 Å². The zero-order valence-corrected chi connectivity index (χ0v) is 11.5. The van der Waals surface area contributed by atoms with Gasteiger partial charge in [0, 0.05) is 24.3 Å². The number of nitrogens with zero attached hydrogens (tertiary/aromatic N) is 2. The van der Waals surface area contributed by atoms with E-state index in [1.54, 1.807) is 6.07 Å². The molecule has 7 nitrogen and oxygen atoms in total. The predicted molar refractivity (Wildman–Crippen MR) is 76.8 cm³/mol. The van der Waals surface area contributed by atoms with Gasteiger partial charge in [-0.25, -0.2) is 4.98 Å². The van der Waals surface area contributed by atoms with Crippen LogP contribution in [0.25, 0.3) is 11.0 Å². The maximum atomic E-state index is 10.7. The Hall–Kier alpha value is -2.15. The SMILES string of the molecule is CCC(C)(CCO)Nc1nc2ccc([N+](=O)[O-])cc2[nH]1. The van der Waals surface area contributed by atoms with Crippen molar-refractivity contribution < 1.29 is 10.0 Å². The van der Waals surface area contributed by atoms with Crippen LogP contribution in [0.2, 0.25) is 0 Å². The second kappa shape index (κ2) is 5.46. The molecule has 1 aromatic carbocycles. The third-order valence-electron chi connectivity index (χ3n) is 3.54. The minimum absolute atomic E-state index is 0.0290. The number of hydrogen-bond acceptors (Lipinski definition) is 5. The van der Waals surface area contributed by atoms with Gasteiger partial charge >= 0.3 is 0 Å². The summed E-state index contributed by atoms with van der Waals surface area (Å²) >= 11 is 0. The molecule has 2 aromatic rings. The first-order valence-electron chi connectivity index (χ1n) is 6.50. The van der Waals surface area contributed by atoms with E-state index in [4.69, 9.17) is 5.11 Å². The largest absolute Gasteiger partial charge is 0.396 e. The summed E-state index contributed by atoms with van der Waals surface area (Å²) in [5.41, 5.74) is 1.04. The zero-order valence-electron chi connectivity index (χ0n) is 11.5. The van der Waals surface area contributed by atoms with E-state index in [1.165, 1.54) is 12.1 Å². The van der Waals surface area contributed by atoms with Crippen molar-refractivity contribution in [2.24, 2.45) is 0 Å². The summed E-state index contributed by atoms with van der Waals surface area (Å²) in [6, 6.07) is 4.51. The number of H-pyrrole nitrogens is 1. The molecule has 1 atom stereocenters. The molecule has 1 heterocycles. The molecule has 0 fully saturated rings. The predicted octanol–water partition coefficient (Wildman–Crippen LogP) is 2.43. The van der Waals surface area contributed by atoms with Gasteiger partial charge in [-0.15, -0.1) is 0 Å². The van der Waals surface area contributed by atoms with Crippen molar-refractivity contribution in [3.63, 3.8) is 0 Å². The molecule has 3 N–H and O–H groups in total. The minimum atomic E-state index is -0.435. The highest BCUT2D eigenvalue weighted by atomic mass is 16.6. The third kappa shape index (κ3) is 2.88. The van der Waals surface area contributed by atoms with Crippen LogP contribution in [0.1, 0.15) is 26.7 Å². The van der Waals surface area contributed by atoms with Gasteiger partial charge < -0.3 is 15.4 Å². The number of nitrogens with one attached hydrogen (secondary N) is 2. The lowest BCUT2D eigenvalue weighted by molar-refractivity contribution is -0.384. The number of aromatic amines is 1. The van der Waals surface area contributed by atoms with Gasteiger partial charge in [0.1, 0.15) is 0 Å². The van der Waals surface area contributed by atoms with Crippen molar-refractivity contribution in [2.75, 3.05) is 11.9 Å². The van der Waals surface area contributed by atoms with E-state index < -0.39 is 4.92 Å². The Morgan fingerprint density at radius 1 is 1.55 bits per heavy atom. The molecule has 0 spiro atoms. The lowest BCUT2D eigenvalue weighted by atomic mass is 9.95. The number of fused-ring (bicyclic) bond motifs is 1. The smallest absolute Gasteiger partial charge is 0.271 e. The highest BCUT2D eigenvalue weighted by molar-refractivity contribution is 5.80. The number of non-ortho nitro benzene ring substituents is 1. The lowest BCUT2D eigenvalue weighted by Gasteiger charge is -2.28. The Kier molecular flexibility index (Phi) is 3.89. The standard InChI is InChI=1S/C13H18N4O3/c1-3-13(2,6-7-18)16-12-14-10-5-4-9(17(19)20)8-11(10)15-12/h4-5,8,18H,3,6-7H2,1-2H3,(H2,14,15,16). The fourth-order valence-electron chi connectivity index (χ4n) is 2.03. The fourth-order valence-corrected chi connectivity index (χ4v) is 2.03. The van der Waals surface area contributed by atoms with E-state index in [0.29, 0.717) is 23.4 Å². The summed E-state index contributed by atoms with van der Waals surface area (Å²) in [5.74, 6) is 0.554. The fraction of sp³-hybridized carbons (Fsp3) is 0.462. The van der Waals surface area contributed by atoms with Crippen LogP contribution in [0.4, 0.5) is 11.6 Å². The van der Waals surface area contributed by atoms with Crippen LogP contribution >= 0.6 is 0 Å². The second-order valence-corrected chi connectivity index (χ2v) is 5.06. The molecule has 1 aromatic heterocycles. The van der Waals surface area contributed by atoms with E-state index in [-0.39, 0.29) is 17.8 Å². The van der Waals surface area contributed by atoms with Crippen LogP contribution in [-0.4, -0.2) is 32.1 Å². The van der Waals surface area contributed by atoms with Crippen molar-refractivity contribution in [3.05, 3.63) is 28.3 Å². The van der Waals surface area contributed by atoms with Gasteiger partial charge in [-0.1, -0.05) is 6.92 Å². The van der Waals surface area contributed by atoms with Gasteiger partial charge in [-0.2, -0.15) is 0 Å². The van der Waals surface area contributed by atoms with Gasteiger partial charge in [-0.05, 0) is 25.8 Å². The Morgan fingerprint density at radius 2 is 2.30 bits per heavy atom. The van der Waals surface area contributed by atoms with Gasteiger partial charge in [-0.3, -0.25) is 10.1 Å². The average Bonchev–Trinajstić information content (AvgIpc) is 2.79. The topological polar surface area (TPSA) is 104 Å². The summed E-state index contributed by atoms with van der Waals surface area (Å²) in [4.78, 5) is 17.7. The Balaban J connectivity index is 2.29. The summed E-state index contributed by atoms with van der Waals surface area (Å²) in [6.45, 7) is 4.11. The Bertz CT molecular complexity index is 625.